The first kappa shape index (κ1) is 21.4. The van der Waals surface area contributed by atoms with Crippen molar-refractivity contribution in [3.63, 3.8) is 0 Å². The number of methoxy groups -OCH3 is 3. The molecule has 2 aliphatic heterocycles. The van der Waals surface area contributed by atoms with Crippen molar-refractivity contribution in [1.82, 2.24) is 4.90 Å². The van der Waals surface area contributed by atoms with E-state index in [9.17, 15) is 10.1 Å². The second kappa shape index (κ2) is 8.59. The van der Waals surface area contributed by atoms with Gasteiger partial charge in [0.2, 0.25) is 5.75 Å². The topological polar surface area (TPSA) is 119 Å². The van der Waals surface area contributed by atoms with Gasteiger partial charge in [0.25, 0.3) is 0 Å². The Balaban J connectivity index is 2.27. The minimum Gasteiger partial charge on any atom is -0.493 e. The second-order valence-electron chi connectivity index (χ2n) is 6.27. The Morgan fingerprint density at radius 2 is 1.90 bits per heavy atom. The van der Waals surface area contributed by atoms with E-state index in [4.69, 9.17) is 24.7 Å². The van der Waals surface area contributed by atoms with E-state index in [1.807, 2.05) is 0 Å². The van der Waals surface area contributed by atoms with Crippen LogP contribution >= 0.6 is 11.8 Å². The van der Waals surface area contributed by atoms with Crippen LogP contribution in [0.5, 0.6) is 17.2 Å². The van der Waals surface area contributed by atoms with Crippen molar-refractivity contribution in [2.75, 3.05) is 27.9 Å². The van der Waals surface area contributed by atoms with Gasteiger partial charge in [0.1, 0.15) is 16.8 Å². The largest absolute Gasteiger partial charge is 0.493 e. The molecule has 2 heterocycles. The number of esters is 1. The third-order valence-electron chi connectivity index (χ3n) is 4.68. The van der Waals surface area contributed by atoms with Crippen LogP contribution < -0.4 is 19.9 Å². The number of carbonyl (C=O) groups excluding carboxylic acids is 1. The number of nitrogens with zero attached hydrogens (tertiary/aromatic N) is 3. The van der Waals surface area contributed by atoms with Crippen molar-refractivity contribution in [2.24, 2.45) is 10.7 Å². The molecule has 0 bridgehead atoms. The highest BCUT2D eigenvalue weighted by atomic mass is 32.2. The Morgan fingerprint density at radius 1 is 1.27 bits per heavy atom. The van der Waals surface area contributed by atoms with Crippen LogP contribution in [0.1, 0.15) is 25.5 Å². The van der Waals surface area contributed by atoms with Crippen LogP contribution in [-0.4, -0.2) is 44.0 Å². The van der Waals surface area contributed by atoms with Gasteiger partial charge in [-0.15, -0.1) is 0 Å². The third-order valence-corrected chi connectivity index (χ3v) is 5.65. The Kier molecular flexibility index (Phi) is 6.12. The van der Waals surface area contributed by atoms with E-state index < -0.39 is 12.0 Å². The van der Waals surface area contributed by atoms with Crippen LogP contribution in [0.2, 0.25) is 0 Å². The molecule has 9 nitrogen and oxygen atoms in total. The highest BCUT2D eigenvalue weighted by molar-refractivity contribution is 8.17. The van der Waals surface area contributed by atoms with Crippen molar-refractivity contribution >= 4 is 22.9 Å². The van der Waals surface area contributed by atoms with Crippen LogP contribution in [0.15, 0.2) is 39.1 Å². The summed E-state index contributed by atoms with van der Waals surface area (Å²) in [5.41, 5.74) is 7.71. The number of nitriles is 1. The molecule has 0 radical (unpaired) electrons. The van der Waals surface area contributed by atoms with Gasteiger partial charge in [-0.3, -0.25) is 4.90 Å². The number of ether oxygens (including phenoxy) is 4. The van der Waals surface area contributed by atoms with Crippen LogP contribution in [0.25, 0.3) is 0 Å². The standard InChI is InChI=1S/C20H22N4O5S/c1-6-29-19(25)15-10(2)23-20-24(18(22)14(9-21)30-20)16(15)11-7-12(26-3)17(28-5)13(8-11)27-4/h7-8,16H,6,22H2,1-5H3/t16-/m0/s1. The molecule has 0 fully saturated rings. The van der Waals surface area contributed by atoms with E-state index in [0.717, 1.165) is 11.8 Å². The van der Waals surface area contributed by atoms with E-state index in [2.05, 4.69) is 11.1 Å². The lowest BCUT2D eigenvalue weighted by molar-refractivity contribution is -0.139. The lowest BCUT2D eigenvalue weighted by Crippen LogP contribution is -2.38. The van der Waals surface area contributed by atoms with E-state index >= 15 is 0 Å². The fraction of sp³-hybridized carbons (Fsp3) is 0.350. The summed E-state index contributed by atoms with van der Waals surface area (Å²) in [6.45, 7) is 3.66. The molecule has 0 aromatic heterocycles. The quantitative estimate of drug-likeness (QED) is 0.679. The minimum atomic E-state index is -0.691. The number of fused-ring (bicyclic) bond motifs is 1. The number of hydrogen-bond donors (Lipinski definition) is 1. The number of nitrogens with two attached hydrogens (primary N) is 1. The average Bonchev–Trinajstić information content (AvgIpc) is 3.06. The number of amidine groups is 1. The van der Waals surface area contributed by atoms with Crippen molar-refractivity contribution < 1.29 is 23.7 Å². The molecule has 1 atom stereocenters. The SMILES string of the molecule is CCOC(=O)C1=C(C)N=C2SC(C#N)=C(N)N2[C@H]1c1cc(OC)c(OC)c(OC)c1. The van der Waals surface area contributed by atoms with Crippen molar-refractivity contribution in [3.05, 3.63) is 39.7 Å². The summed E-state index contributed by atoms with van der Waals surface area (Å²) in [5.74, 6) is 0.969. The van der Waals surface area contributed by atoms with Gasteiger partial charge in [-0.2, -0.15) is 5.26 Å². The minimum absolute atomic E-state index is 0.206. The maximum Gasteiger partial charge on any atom is 0.338 e. The third kappa shape index (κ3) is 3.41. The molecule has 0 saturated heterocycles. The number of aliphatic imine (C=N–C) groups is 1. The average molecular weight is 430 g/mol. The molecule has 30 heavy (non-hydrogen) atoms. The highest BCUT2D eigenvalue weighted by Gasteiger charge is 2.43. The fourth-order valence-corrected chi connectivity index (χ4v) is 4.30. The van der Waals surface area contributed by atoms with Gasteiger partial charge in [-0.1, -0.05) is 0 Å². The summed E-state index contributed by atoms with van der Waals surface area (Å²) < 4.78 is 21.6. The first-order valence-electron chi connectivity index (χ1n) is 9.05. The molecule has 10 heteroatoms. The smallest absolute Gasteiger partial charge is 0.338 e. The highest BCUT2D eigenvalue weighted by Crippen LogP contribution is 2.48. The summed E-state index contributed by atoms with van der Waals surface area (Å²) in [7, 11) is 4.53. The monoisotopic (exact) mass is 430 g/mol. The maximum atomic E-state index is 12.9. The molecule has 3 rings (SSSR count). The first-order chi connectivity index (χ1) is 14.4. The summed E-state index contributed by atoms with van der Waals surface area (Å²) in [4.78, 5) is 19.3. The summed E-state index contributed by atoms with van der Waals surface area (Å²) in [5, 5.41) is 9.95. The molecule has 2 aliphatic rings. The van der Waals surface area contributed by atoms with Gasteiger partial charge >= 0.3 is 5.97 Å². The predicted molar refractivity (Wildman–Crippen MR) is 112 cm³/mol. The molecule has 1 aromatic rings. The number of rotatable bonds is 6. The van der Waals surface area contributed by atoms with Gasteiger partial charge in [0.15, 0.2) is 16.7 Å². The van der Waals surface area contributed by atoms with Gasteiger partial charge < -0.3 is 24.7 Å². The lowest BCUT2D eigenvalue weighted by atomic mass is 9.94. The molecule has 2 N–H and O–H groups in total. The predicted octanol–water partition coefficient (Wildman–Crippen LogP) is 2.66. The fourth-order valence-electron chi connectivity index (χ4n) is 3.39. The molecule has 158 valence electrons. The Hall–Kier alpha value is -3.32. The summed E-state index contributed by atoms with van der Waals surface area (Å²) in [6.07, 6.45) is 0. The van der Waals surface area contributed by atoms with Crippen LogP contribution in [0, 0.1) is 11.3 Å². The Morgan fingerprint density at radius 3 is 2.40 bits per heavy atom. The second-order valence-corrected chi connectivity index (χ2v) is 7.25. The molecule has 0 amide bonds. The Labute approximate surface area is 178 Å². The first-order valence-corrected chi connectivity index (χ1v) is 9.86. The van der Waals surface area contributed by atoms with Gasteiger partial charge in [0.05, 0.1) is 45.2 Å². The molecule has 0 unspecified atom stereocenters. The molecule has 1 aromatic carbocycles. The van der Waals surface area contributed by atoms with Crippen LogP contribution in [0.4, 0.5) is 0 Å². The summed E-state index contributed by atoms with van der Waals surface area (Å²) in [6, 6.07) is 4.87. The van der Waals surface area contributed by atoms with Gasteiger partial charge in [0, 0.05) is 0 Å². The number of allylic oxidation sites excluding steroid dienone is 2. The number of carbonyl (C=O) groups is 1. The normalized spacial score (nSPS) is 17.9. The van der Waals surface area contributed by atoms with Crippen LogP contribution in [-0.2, 0) is 9.53 Å². The molecular formula is C20H22N4O5S. The van der Waals surface area contributed by atoms with E-state index in [0.29, 0.717) is 44.2 Å². The zero-order chi connectivity index (χ0) is 22.0. The van der Waals surface area contributed by atoms with E-state index in [-0.39, 0.29) is 12.4 Å². The van der Waals surface area contributed by atoms with E-state index in [1.54, 1.807) is 30.9 Å². The molecule has 0 aliphatic carbocycles. The van der Waals surface area contributed by atoms with Crippen molar-refractivity contribution in [3.8, 4) is 23.3 Å². The lowest BCUT2D eigenvalue weighted by Gasteiger charge is -2.35. The Bertz CT molecular complexity index is 1000. The molecular weight excluding hydrogens is 408 g/mol. The molecule has 0 spiro atoms. The van der Waals surface area contributed by atoms with E-state index in [1.165, 1.54) is 21.3 Å². The molecule has 0 saturated carbocycles. The van der Waals surface area contributed by atoms with Gasteiger partial charge in [-0.05, 0) is 43.3 Å². The number of thioether (sulfide) groups is 1. The number of benzene rings is 1. The zero-order valence-electron chi connectivity index (χ0n) is 17.3. The number of hydrogen-bond acceptors (Lipinski definition) is 10. The maximum absolute atomic E-state index is 12.9. The van der Waals surface area contributed by atoms with Gasteiger partial charge in [-0.25, -0.2) is 9.79 Å². The van der Waals surface area contributed by atoms with Crippen LogP contribution in [0.3, 0.4) is 0 Å². The summed E-state index contributed by atoms with van der Waals surface area (Å²) >= 11 is 1.16. The van der Waals surface area contributed by atoms with Crippen molar-refractivity contribution in [2.45, 2.75) is 19.9 Å². The zero-order valence-corrected chi connectivity index (χ0v) is 18.1. The van der Waals surface area contributed by atoms with Crippen molar-refractivity contribution in [1.29, 1.82) is 5.26 Å².